The van der Waals surface area contributed by atoms with Gasteiger partial charge < -0.3 is 4.55 Å². The van der Waals surface area contributed by atoms with Crippen molar-refractivity contribution in [1.29, 1.82) is 0 Å². The molecule has 0 unspecified atom stereocenters. The van der Waals surface area contributed by atoms with Crippen LogP contribution in [0.3, 0.4) is 0 Å². The zero-order valence-electron chi connectivity index (χ0n) is 11.9. The van der Waals surface area contributed by atoms with Crippen molar-refractivity contribution >= 4 is 15.8 Å². The van der Waals surface area contributed by atoms with Crippen LogP contribution in [0, 0.1) is 10.1 Å². The average molecular weight is 329 g/mol. The van der Waals surface area contributed by atoms with E-state index in [-0.39, 0.29) is 35.2 Å². The number of rotatable bonds is 5. The van der Waals surface area contributed by atoms with E-state index in [2.05, 4.69) is 0 Å². The normalized spacial score (nSPS) is 10.8. The van der Waals surface area contributed by atoms with Gasteiger partial charge in [-0.1, -0.05) is 36.4 Å². The molecule has 0 aromatic heterocycles. The molecule has 0 aliphatic carbocycles. The Hall–Kier alpha value is -1.25. The van der Waals surface area contributed by atoms with E-state index in [1.165, 1.54) is 12.1 Å². The Morgan fingerprint density at radius 2 is 1.27 bits per heavy atom. The predicted octanol–water partition coefficient (Wildman–Crippen LogP) is -0.765. The predicted molar refractivity (Wildman–Crippen MR) is 75.7 cm³/mol. The van der Waals surface area contributed by atoms with Crippen LogP contribution in [-0.4, -0.2) is 17.9 Å². The molecule has 8 heteroatoms. The Bertz CT molecular complexity index is 742. The van der Waals surface area contributed by atoms with Gasteiger partial charge >= 0.3 is 29.6 Å². The first-order chi connectivity index (χ1) is 9.83. The van der Waals surface area contributed by atoms with Gasteiger partial charge in [0.05, 0.1) is 20.8 Å². The molecule has 2 aromatic rings. The van der Waals surface area contributed by atoms with E-state index in [9.17, 15) is 23.1 Å². The molecule has 2 rings (SSSR count). The molecule has 0 bridgehead atoms. The summed E-state index contributed by atoms with van der Waals surface area (Å²) in [4.78, 5) is 10.1. The van der Waals surface area contributed by atoms with E-state index >= 15 is 0 Å². The molecule has 0 spiro atoms. The summed E-state index contributed by atoms with van der Waals surface area (Å²) in [6.07, 6.45) is 0.572. The first kappa shape index (κ1) is 18.8. The topological polar surface area (TPSA) is 100 Å². The quantitative estimate of drug-likeness (QED) is 0.310. The third-order valence-electron chi connectivity index (χ3n) is 2.92. The van der Waals surface area contributed by atoms with Crippen LogP contribution in [0.2, 0.25) is 0 Å². The summed E-state index contributed by atoms with van der Waals surface area (Å²) in [6.45, 7) is 0. The number of hydrogen-bond donors (Lipinski definition) is 0. The number of nitro groups is 1. The van der Waals surface area contributed by atoms with Crippen LogP contribution in [0.5, 0.6) is 0 Å². The third-order valence-corrected chi connectivity index (χ3v) is 3.61. The second-order valence-corrected chi connectivity index (χ2v) is 6.02. The molecule has 6 nitrogen and oxygen atoms in total. The molecule has 0 fully saturated rings. The minimum Gasteiger partial charge on any atom is -0.748 e. The Labute approximate surface area is 150 Å². The second-order valence-electron chi connectivity index (χ2n) is 4.62. The molecule has 0 heterocycles. The SMILES string of the molecule is O=[N+]([O-])c1ccc(Cc2ccc(CS(=O)(=O)[O-])cc2)cc1.[Na+]. The molecule has 0 amide bonds. The number of nitrogens with zero attached hydrogens (tertiary/aromatic N) is 1. The van der Waals surface area contributed by atoms with Gasteiger partial charge in [-0.3, -0.25) is 10.1 Å². The maximum Gasteiger partial charge on any atom is 1.00 e. The van der Waals surface area contributed by atoms with Crippen LogP contribution in [0.1, 0.15) is 16.7 Å². The number of benzene rings is 2. The number of non-ortho nitro benzene ring substituents is 1. The van der Waals surface area contributed by atoms with E-state index in [4.69, 9.17) is 0 Å². The van der Waals surface area contributed by atoms with E-state index in [1.807, 2.05) is 0 Å². The van der Waals surface area contributed by atoms with Gasteiger partial charge in [0.25, 0.3) is 5.69 Å². The third kappa shape index (κ3) is 5.86. The fourth-order valence-corrected chi connectivity index (χ4v) is 2.53. The van der Waals surface area contributed by atoms with Crippen LogP contribution in [0.25, 0.3) is 0 Å². The van der Waals surface area contributed by atoms with Gasteiger partial charge in [-0.2, -0.15) is 0 Å². The second kappa shape index (κ2) is 7.85. The molecule has 2 aromatic carbocycles. The monoisotopic (exact) mass is 329 g/mol. The minimum atomic E-state index is -4.28. The molecule has 0 N–H and O–H groups in total. The van der Waals surface area contributed by atoms with Gasteiger partial charge in [-0.05, 0) is 23.1 Å². The summed E-state index contributed by atoms with van der Waals surface area (Å²) >= 11 is 0. The van der Waals surface area contributed by atoms with Crippen molar-refractivity contribution in [1.82, 2.24) is 0 Å². The van der Waals surface area contributed by atoms with Crippen LogP contribution in [0.15, 0.2) is 48.5 Å². The summed E-state index contributed by atoms with van der Waals surface area (Å²) in [7, 11) is -4.28. The molecule has 0 radical (unpaired) electrons. The van der Waals surface area contributed by atoms with Crippen molar-refractivity contribution < 1.29 is 47.5 Å². The molecule has 0 aliphatic heterocycles. The van der Waals surface area contributed by atoms with E-state index in [0.29, 0.717) is 12.0 Å². The van der Waals surface area contributed by atoms with Gasteiger partial charge in [0.15, 0.2) is 0 Å². The Kier molecular flexibility index (Phi) is 6.70. The summed E-state index contributed by atoms with van der Waals surface area (Å²) in [5, 5.41) is 10.6. The Balaban J connectivity index is 0.00000242. The van der Waals surface area contributed by atoms with E-state index in [0.717, 1.165) is 11.1 Å². The van der Waals surface area contributed by atoms with Crippen molar-refractivity contribution in [2.45, 2.75) is 12.2 Å². The average Bonchev–Trinajstić information content (AvgIpc) is 2.40. The zero-order chi connectivity index (χ0) is 15.5. The van der Waals surface area contributed by atoms with Gasteiger partial charge in [-0.15, -0.1) is 0 Å². The van der Waals surface area contributed by atoms with Crippen LogP contribution in [-0.2, 0) is 22.3 Å². The smallest absolute Gasteiger partial charge is 0.748 e. The molecular formula is C14H12NNaO5S. The maximum atomic E-state index is 10.7. The summed E-state index contributed by atoms with van der Waals surface area (Å²) in [5.74, 6) is -0.523. The van der Waals surface area contributed by atoms with Gasteiger partial charge in [-0.25, -0.2) is 8.42 Å². The van der Waals surface area contributed by atoms with Crippen molar-refractivity contribution in [3.8, 4) is 0 Å². The Morgan fingerprint density at radius 1 is 0.864 bits per heavy atom. The largest absolute Gasteiger partial charge is 1.00 e. The molecule has 0 atom stereocenters. The van der Waals surface area contributed by atoms with Crippen molar-refractivity contribution in [3.63, 3.8) is 0 Å². The van der Waals surface area contributed by atoms with Crippen molar-refractivity contribution in [2.24, 2.45) is 0 Å². The van der Waals surface area contributed by atoms with Gasteiger partial charge in [0.1, 0.15) is 0 Å². The van der Waals surface area contributed by atoms with Crippen LogP contribution >= 0.6 is 0 Å². The van der Waals surface area contributed by atoms with Crippen LogP contribution < -0.4 is 29.6 Å². The maximum absolute atomic E-state index is 10.7. The minimum absolute atomic E-state index is 0. The van der Waals surface area contributed by atoms with E-state index < -0.39 is 20.8 Å². The summed E-state index contributed by atoms with van der Waals surface area (Å²) in [5.41, 5.74) is 2.31. The van der Waals surface area contributed by atoms with Crippen molar-refractivity contribution in [2.75, 3.05) is 0 Å². The van der Waals surface area contributed by atoms with Crippen LogP contribution in [0.4, 0.5) is 5.69 Å². The van der Waals surface area contributed by atoms with Gasteiger partial charge in [0.2, 0.25) is 0 Å². The Morgan fingerprint density at radius 3 is 1.68 bits per heavy atom. The molecular weight excluding hydrogens is 317 g/mol. The van der Waals surface area contributed by atoms with Crippen molar-refractivity contribution in [3.05, 3.63) is 75.3 Å². The first-order valence-corrected chi connectivity index (χ1v) is 7.66. The fourth-order valence-electron chi connectivity index (χ4n) is 1.93. The number of nitro benzene ring substituents is 1. The first-order valence-electron chi connectivity index (χ1n) is 6.08. The fraction of sp³-hybridized carbons (Fsp3) is 0.143. The summed E-state index contributed by atoms with van der Waals surface area (Å²) in [6, 6.07) is 12.9. The molecule has 0 saturated heterocycles. The summed E-state index contributed by atoms with van der Waals surface area (Å²) < 4.78 is 32.0. The molecule has 0 saturated carbocycles. The molecule has 22 heavy (non-hydrogen) atoms. The molecule has 110 valence electrons. The molecule has 0 aliphatic rings. The standard InChI is InChI=1S/C14H13NO5S.Na/c16-15(17)14-7-5-12(6-8-14)9-11-1-3-13(4-2-11)10-21(18,19)20;/h1-8H,9-10H2,(H,18,19,20);/q;+1/p-1. The number of hydrogen-bond acceptors (Lipinski definition) is 5. The van der Waals surface area contributed by atoms with E-state index in [1.54, 1.807) is 36.4 Å². The zero-order valence-corrected chi connectivity index (χ0v) is 14.7. The van der Waals surface area contributed by atoms with Gasteiger partial charge in [0, 0.05) is 12.1 Å².